The molecule has 4 rings (SSSR count). The molecular weight excluding hydrogens is 364 g/mol. The van der Waals surface area contributed by atoms with Crippen molar-refractivity contribution in [1.82, 2.24) is 20.2 Å². The van der Waals surface area contributed by atoms with Crippen molar-refractivity contribution in [2.24, 2.45) is 0 Å². The Bertz CT molecular complexity index is 990. The van der Waals surface area contributed by atoms with Crippen LogP contribution in [0.2, 0.25) is 0 Å². The normalized spacial score (nSPS) is 14.4. The van der Waals surface area contributed by atoms with Gasteiger partial charge in [0.25, 0.3) is 0 Å². The summed E-state index contributed by atoms with van der Waals surface area (Å²) < 4.78 is 1.59. The summed E-state index contributed by atoms with van der Waals surface area (Å²) in [5.74, 6) is -0.390. The number of carbonyl (C=O) groups excluding carboxylic acids is 2. The Labute approximate surface area is 159 Å². The van der Waals surface area contributed by atoms with Gasteiger partial charge >= 0.3 is 0 Å². The van der Waals surface area contributed by atoms with E-state index in [1.54, 1.807) is 17.7 Å². The summed E-state index contributed by atoms with van der Waals surface area (Å²) in [4.78, 5) is 26.5. The largest absolute Gasteiger partial charge is 0.323 e. The smallest absolute Gasteiger partial charge is 0.244 e. The number of thioether (sulfide) groups is 1. The van der Waals surface area contributed by atoms with Gasteiger partial charge in [-0.2, -0.15) is 4.68 Å². The zero-order valence-corrected chi connectivity index (χ0v) is 15.3. The van der Waals surface area contributed by atoms with Crippen LogP contribution in [0.4, 0.5) is 11.4 Å². The fraction of sp³-hybridized carbons (Fsp3) is 0.167. The molecule has 1 N–H and O–H groups in total. The predicted molar refractivity (Wildman–Crippen MR) is 102 cm³/mol. The van der Waals surface area contributed by atoms with Crippen molar-refractivity contribution in [3.63, 3.8) is 0 Å². The lowest BCUT2D eigenvalue weighted by atomic mass is 10.2. The average Bonchev–Trinajstić information content (AvgIpc) is 3.15. The first kappa shape index (κ1) is 17.2. The highest BCUT2D eigenvalue weighted by Gasteiger charge is 2.31. The SMILES string of the molecule is C[C@@H](Sc1nnnn1-c1ccccc1)C(=O)N1CC(=O)Nc2ccccc21. The summed E-state index contributed by atoms with van der Waals surface area (Å²) in [6.07, 6.45) is 0. The Morgan fingerprint density at radius 2 is 1.89 bits per heavy atom. The summed E-state index contributed by atoms with van der Waals surface area (Å²) in [7, 11) is 0. The van der Waals surface area contributed by atoms with Gasteiger partial charge in [-0.25, -0.2) is 0 Å². The van der Waals surface area contributed by atoms with Gasteiger partial charge < -0.3 is 5.32 Å². The Morgan fingerprint density at radius 3 is 2.70 bits per heavy atom. The Balaban J connectivity index is 1.57. The van der Waals surface area contributed by atoms with Gasteiger partial charge in [-0.3, -0.25) is 14.5 Å². The molecule has 9 heteroatoms. The summed E-state index contributed by atoms with van der Waals surface area (Å²) >= 11 is 1.25. The standard InChI is InChI=1S/C18H16N6O2S/c1-12(27-18-20-21-22-24(18)13-7-3-2-4-8-13)17(26)23-11-16(25)19-14-9-5-6-10-15(14)23/h2-10,12H,11H2,1H3,(H,19,25)/t12-/m1/s1. The molecule has 1 aromatic heterocycles. The minimum atomic E-state index is -0.475. The van der Waals surface area contributed by atoms with Crippen LogP contribution in [0.25, 0.3) is 5.69 Å². The number of aromatic nitrogens is 4. The van der Waals surface area contributed by atoms with Crippen molar-refractivity contribution in [1.29, 1.82) is 0 Å². The first-order chi connectivity index (χ1) is 13.1. The molecule has 0 aliphatic carbocycles. The van der Waals surface area contributed by atoms with Gasteiger partial charge in [-0.1, -0.05) is 42.1 Å². The molecule has 0 saturated carbocycles. The van der Waals surface area contributed by atoms with E-state index in [9.17, 15) is 9.59 Å². The van der Waals surface area contributed by atoms with Crippen LogP contribution in [0, 0.1) is 0 Å². The van der Waals surface area contributed by atoms with Crippen molar-refractivity contribution in [2.75, 3.05) is 16.8 Å². The number of benzene rings is 2. The third-order valence-electron chi connectivity index (χ3n) is 4.11. The summed E-state index contributed by atoms with van der Waals surface area (Å²) in [5, 5.41) is 14.6. The van der Waals surface area contributed by atoms with Crippen molar-refractivity contribution in [2.45, 2.75) is 17.3 Å². The quantitative estimate of drug-likeness (QED) is 0.697. The first-order valence-corrected chi connectivity index (χ1v) is 9.22. The molecule has 0 unspecified atom stereocenters. The van der Waals surface area contributed by atoms with E-state index in [1.165, 1.54) is 16.7 Å². The lowest BCUT2D eigenvalue weighted by molar-refractivity contribution is -0.121. The molecule has 27 heavy (non-hydrogen) atoms. The second-order valence-corrected chi connectivity index (χ2v) is 7.27. The van der Waals surface area contributed by atoms with Gasteiger partial charge in [-0.05, 0) is 41.6 Å². The first-order valence-electron chi connectivity index (χ1n) is 8.34. The number of para-hydroxylation sites is 3. The third-order valence-corrected chi connectivity index (χ3v) is 5.13. The number of tetrazole rings is 1. The minimum absolute atomic E-state index is 0.00955. The van der Waals surface area contributed by atoms with Crippen LogP contribution in [0.15, 0.2) is 59.8 Å². The lowest BCUT2D eigenvalue weighted by Gasteiger charge is -2.30. The number of carbonyl (C=O) groups is 2. The van der Waals surface area contributed by atoms with Gasteiger partial charge in [0.15, 0.2) is 0 Å². The molecular formula is C18H16N6O2S. The molecule has 0 spiro atoms. The molecule has 0 saturated heterocycles. The summed E-state index contributed by atoms with van der Waals surface area (Å²) in [5.41, 5.74) is 2.14. The van der Waals surface area contributed by atoms with Crippen LogP contribution in [0.3, 0.4) is 0 Å². The van der Waals surface area contributed by atoms with E-state index in [0.717, 1.165) is 5.69 Å². The molecule has 1 aliphatic rings. The number of hydrogen-bond donors (Lipinski definition) is 1. The third kappa shape index (κ3) is 3.41. The summed E-state index contributed by atoms with van der Waals surface area (Å²) in [6, 6.07) is 16.7. The van der Waals surface area contributed by atoms with Gasteiger partial charge in [-0.15, -0.1) is 5.10 Å². The fourth-order valence-corrected chi connectivity index (χ4v) is 3.71. The Kier molecular flexibility index (Phi) is 4.59. The van der Waals surface area contributed by atoms with Gasteiger partial charge in [0.1, 0.15) is 6.54 Å². The van der Waals surface area contributed by atoms with Crippen molar-refractivity contribution < 1.29 is 9.59 Å². The van der Waals surface area contributed by atoms with E-state index < -0.39 is 5.25 Å². The monoisotopic (exact) mass is 380 g/mol. The molecule has 0 fully saturated rings. The fourth-order valence-electron chi connectivity index (χ4n) is 2.84. The average molecular weight is 380 g/mol. The van der Waals surface area contributed by atoms with E-state index >= 15 is 0 Å². The topological polar surface area (TPSA) is 93.0 Å². The number of anilines is 2. The molecule has 2 amide bonds. The van der Waals surface area contributed by atoms with Gasteiger partial charge in [0, 0.05) is 0 Å². The number of nitrogens with zero attached hydrogens (tertiary/aromatic N) is 5. The molecule has 1 aliphatic heterocycles. The lowest BCUT2D eigenvalue weighted by Crippen LogP contribution is -2.45. The zero-order chi connectivity index (χ0) is 18.8. The van der Waals surface area contributed by atoms with Crippen LogP contribution in [-0.2, 0) is 9.59 Å². The summed E-state index contributed by atoms with van der Waals surface area (Å²) in [6.45, 7) is 1.77. The van der Waals surface area contributed by atoms with Gasteiger partial charge in [0.2, 0.25) is 17.0 Å². The maximum absolute atomic E-state index is 13.0. The molecule has 8 nitrogen and oxygen atoms in total. The molecule has 1 atom stereocenters. The van der Waals surface area contributed by atoms with E-state index in [1.807, 2.05) is 48.5 Å². The highest BCUT2D eigenvalue weighted by Crippen LogP contribution is 2.32. The van der Waals surface area contributed by atoms with Crippen LogP contribution >= 0.6 is 11.8 Å². The number of hydrogen-bond acceptors (Lipinski definition) is 6. The van der Waals surface area contributed by atoms with Crippen LogP contribution in [-0.4, -0.2) is 43.8 Å². The predicted octanol–water partition coefficient (Wildman–Crippen LogP) is 2.13. The maximum atomic E-state index is 13.0. The molecule has 2 aromatic carbocycles. The molecule has 3 aromatic rings. The van der Waals surface area contributed by atoms with Gasteiger partial charge in [0.05, 0.1) is 22.3 Å². The van der Waals surface area contributed by atoms with Crippen LogP contribution in [0.5, 0.6) is 0 Å². The van der Waals surface area contributed by atoms with E-state index in [0.29, 0.717) is 16.5 Å². The highest BCUT2D eigenvalue weighted by atomic mass is 32.2. The number of rotatable bonds is 4. The maximum Gasteiger partial charge on any atom is 0.244 e. The molecule has 2 heterocycles. The molecule has 0 bridgehead atoms. The zero-order valence-electron chi connectivity index (χ0n) is 14.4. The molecule has 0 radical (unpaired) electrons. The van der Waals surface area contributed by atoms with Crippen LogP contribution < -0.4 is 10.2 Å². The Morgan fingerprint density at radius 1 is 1.15 bits per heavy atom. The second kappa shape index (κ2) is 7.20. The molecule has 136 valence electrons. The number of amides is 2. The van der Waals surface area contributed by atoms with Crippen molar-refractivity contribution in [3.8, 4) is 5.69 Å². The second-order valence-electron chi connectivity index (χ2n) is 5.96. The highest BCUT2D eigenvalue weighted by molar-refractivity contribution is 8.00. The van der Waals surface area contributed by atoms with Crippen molar-refractivity contribution in [3.05, 3.63) is 54.6 Å². The van der Waals surface area contributed by atoms with Crippen molar-refractivity contribution >= 4 is 35.0 Å². The Hall–Kier alpha value is -3.20. The van der Waals surface area contributed by atoms with E-state index in [-0.39, 0.29) is 18.4 Å². The van der Waals surface area contributed by atoms with E-state index in [2.05, 4.69) is 20.8 Å². The van der Waals surface area contributed by atoms with Crippen LogP contribution in [0.1, 0.15) is 6.92 Å². The number of nitrogens with one attached hydrogen (secondary N) is 1. The van der Waals surface area contributed by atoms with E-state index in [4.69, 9.17) is 0 Å². The minimum Gasteiger partial charge on any atom is -0.323 e. The number of fused-ring (bicyclic) bond motifs is 1.